The van der Waals surface area contributed by atoms with Crippen LogP contribution < -0.4 is 20.9 Å². The number of nitrogens with zero attached hydrogens (tertiary/aromatic N) is 1. The number of amides is 3. The molecular formula is C14H20N4O2. The average molecular weight is 276 g/mol. The fourth-order valence-corrected chi connectivity index (χ4v) is 1.87. The first-order valence-corrected chi connectivity index (χ1v) is 6.60. The topological polar surface area (TPSA) is 73.5 Å². The molecular weight excluding hydrogens is 256 g/mol. The van der Waals surface area contributed by atoms with Crippen molar-refractivity contribution in [3.8, 4) is 0 Å². The van der Waals surface area contributed by atoms with Gasteiger partial charge < -0.3 is 16.0 Å². The molecule has 1 saturated heterocycles. The molecule has 3 N–H and O–H groups in total. The second-order valence-corrected chi connectivity index (χ2v) is 5.26. The first-order chi connectivity index (χ1) is 9.44. The Kier molecular flexibility index (Phi) is 3.94. The van der Waals surface area contributed by atoms with Gasteiger partial charge in [0, 0.05) is 24.5 Å². The third-order valence-corrected chi connectivity index (χ3v) is 3.47. The fourth-order valence-electron chi connectivity index (χ4n) is 1.87. The summed E-state index contributed by atoms with van der Waals surface area (Å²) in [5.41, 5.74) is 0.802. The zero-order chi connectivity index (χ0) is 14.8. The van der Waals surface area contributed by atoms with Crippen LogP contribution in [0.3, 0.4) is 0 Å². The van der Waals surface area contributed by atoms with E-state index in [1.54, 1.807) is 37.9 Å². The lowest BCUT2D eigenvalue weighted by Crippen LogP contribution is -2.47. The van der Waals surface area contributed by atoms with Gasteiger partial charge in [0.25, 0.3) is 0 Å². The van der Waals surface area contributed by atoms with Gasteiger partial charge in [-0.1, -0.05) is 6.07 Å². The highest BCUT2D eigenvalue weighted by Crippen LogP contribution is 2.21. The van der Waals surface area contributed by atoms with E-state index in [1.165, 1.54) is 0 Å². The number of likely N-dealkylation sites (N-methyl/N-ethyl adjacent to an activating group) is 1. The Morgan fingerprint density at radius 3 is 2.75 bits per heavy atom. The fraction of sp³-hybridized carbons (Fsp3) is 0.429. The smallest absolute Gasteiger partial charge is 0.321 e. The summed E-state index contributed by atoms with van der Waals surface area (Å²) in [6, 6.07) is 7.17. The van der Waals surface area contributed by atoms with Crippen LogP contribution in [0.15, 0.2) is 24.3 Å². The molecule has 0 spiro atoms. The van der Waals surface area contributed by atoms with Gasteiger partial charge >= 0.3 is 6.03 Å². The lowest BCUT2D eigenvalue weighted by Gasteiger charge is -2.23. The number of urea groups is 1. The number of hydrogen-bond donors (Lipinski definition) is 3. The normalized spacial score (nSPS) is 15.2. The van der Waals surface area contributed by atoms with E-state index in [0.717, 1.165) is 5.69 Å². The summed E-state index contributed by atoms with van der Waals surface area (Å²) < 4.78 is 0. The molecule has 108 valence electrons. The summed E-state index contributed by atoms with van der Waals surface area (Å²) in [5, 5.41) is 8.55. The third-order valence-electron chi connectivity index (χ3n) is 3.47. The van der Waals surface area contributed by atoms with Crippen molar-refractivity contribution < 1.29 is 9.59 Å². The van der Waals surface area contributed by atoms with E-state index >= 15 is 0 Å². The summed E-state index contributed by atoms with van der Waals surface area (Å²) in [6.45, 7) is 4.89. The minimum atomic E-state index is -0.652. The van der Waals surface area contributed by atoms with E-state index < -0.39 is 5.54 Å². The van der Waals surface area contributed by atoms with Crippen molar-refractivity contribution in [1.82, 2.24) is 10.6 Å². The maximum absolute atomic E-state index is 12.1. The average Bonchev–Trinajstić information content (AvgIpc) is 2.85. The number of carbonyl (C=O) groups is 2. The maximum Gasteiger partial charge on any atom is 0.321 e. The SMILES string of the molecule is CNC(C)(C)C(=O)Nc1cccc(N2CCNC2=O)c1. The summed E-state index contributed by atoms with van der Waals surface area (Å²) in [5.74, 6) is -0.122. The van der Waals surface area contributed by atoms with E-state index in [2.05, 4.69) is 16.0 Å². The predicted molar refractivity (Wildman–Crippen MR) is 79.0 cm³/mol. The van der Waals surface area contributed by atoms with Gasteiger partial charge in [-0.3, -0.25) is 9.69 Å². The molecule has 0 unspecified atom stereocenters. The molecule has 20 heavy (non-hydrogen) atoms. The van der Waals surface area contributed by atoms with Gasteiger partial charge in [0.05, 0.1) is 5.54 Å². The van der Waals surface area contributed by atoms with Crippen molar-refractivity contribution in [2.75, 3.05) is 30.4 Å². The highest BCUT2D eigenvalue weighted by atomic mass is 16.2. The Hall–Kier alpha value is -2.08. The van der Waals surface area contributed by atoms with E-state index in [4.69, 9.17) is 0 Å². The van der Waals surface area contributed by atoms with Crippen LogP contribution in [-0.2, 0) is 4.79 Å². The first kappa shape index (κ1) is 14.3. The number of hydrogen-bond acceptors (Lipinski definition) is 3. The molecule has 2 rings (SSSR count). The molecule has 0 atom stereocenters. The van der Waals surface area contributed by atoms with Crippen LogP contribution in [-0.4, -0.2) is 37.6 Å². The van der Waals surface area contributed by atoms with Gasteiger partial charge in [-0.05, 0) is 39.1 Å². The monoisotopic (exact) mass is 276 g/mol. The molecule has 1 fully saturated rings. The van der Waals surface area contributed by atoms with E-state index in [-0.39, 0.29) is 11.9 Å². The molecule has 1 aliphatic heterocycles. The van der Waals surface area contributed by atoms with Gasteiger partial charge in [0.15, 0.2) is 0 Å². The summed E-state index contributed by atoms with van der Waals surface area (Å²) in [7, 11) is 1.74. The van der Waals surface area contributed by atoms with Crippen LogP contribution in [0.4, 0.5) is 16.2 Å². The summed E-state index contributed by atoms with van der Waals surface area (Å²) in [6.07, 6.45) is 0. The van der Waals surface area contributed by atoms with Gasteiger partial charge in [-0.2, -0.15) is 0 Å². The minimum Gasteiger partial charge on any atom is -0.336 e. The van der Waals surface area contributed by atoms with Gasteiger partial charge in [-0.15, -0.1) is 0 Å². The largest absolute Gasteiger partial charge is 0.336 e. The van der Waals surface area contributed by atoms with Crippen LogP contribution in [0.1, 0.15) is 13.8 Å². The van der Waals surface area contributed by atoms with Gasteiger partial charge in [0.1, 0.15) is 0 Å². The van der Waals surface area contributed by atoms with E-state index in [9.17, 15) is 9.59 Å². The van der Waals surface area contributed by atoms with Crippen LogP contribution in [0.25, 0.3) is 0 Å². The molecule has 0 saturated carbocycles. The number of carbonyl (C=O) groups excluding carboxylic acids is 2. The molecule has 6 nitrogen and oxygen atoms in total. The Balaban J connectivity index is 2.14. The lowest BCUT2D eigenvalue weighted by molar-refractivity contribution is -0.121. The molecule has 0 radical (unpaired) electrons. The molecule has 0 aromatic heterocycles. The van der Waals surface area contributed by atoms with Crippen LogP contribution >= 0.6 is 0 Å². The maximum atomic E-state index is 12.1. The minimum absolute atomic E-state index is 0.107. The Morgan fingerprint density at radius 1 is 1.40 bits per heavy atom. The first-order valence-electron chi connectivity index (χ1n) is 6.60. The van der Waals surface area contributed by atoms with Crippen molar-refractivity contribution in [3.63, 3.8) is 0 Å². The molecule has 1 heterocycles. The second-order valence-electron chi connectivity index (χ2n) is 5.26. The van der Waals surface area contributed by atoms with E-state index in [1.807, 2.05) is 12.1 Å². The molecule has 1 aliphatic rings. The molecule has 1 aromatic rings. The van der Waals surface area contributed by atoms with Crippen molar-refractivity contribution in [2.24, 2.45) is 0 Å². The quantitative estimate of drug-likeness (QED) is 0.772. The zero-order valence-electron chi connectivity index (χ0n) is 12.0. The van der Waals surface area contributed by atoms with Crippen molar-refractivity contribution in [1.29, 1.82) is 0 Å². The van der Waals surface area contributed by atoms with Crippen LogP contribution in [0, 0.1) is 0 Å². The van der Waals surface area contributed by atoms with E-state index in [0.29, 0.717) is 18.8 Å². The molecule has 6 heteroatoms. The Bertz CT molecular complexity index is 528. The number of benzene rings is 1. The standard InChI is InChI=1S/C14H20N4O2/c1-14(2,15-3)12(19)17-10-5-4-6-11(9-10)18-8-7-16-13(18)20/h4-6,9,15H,7-8H2,1-3H3,(H,16,20)(H,17,19). The van der Waals surface area contributed by atoms with Crippen LogP contribution in [0.5, 0.6) is 0 Å². The molecule has 3 amide bonds. The van der Waals surface area contributed by atoms with Crippen molar-refractivity contribution in [3.05, 3.63) is 24.3 Å². The number of nitrogens with one attached hydrogen (secondary N) is 3. The molecule has 1 aromatic carbocycles. The Labute approximate surface area is 118 Å². The number of rotatable bonds is 4. The van der Waals surface area contributed by atoms with Gasteiger partial charge in [-0.25, -0.2) is 4.79 Å². The highest BCUT2D eigenvalue weighted by Gasteiger charge is 2.26. The third kappa shape index (κ3) is 2.91. The summed E-state index contributed by atoms with van der Waals surface area (Å²) >= 11 is 0. The van der Waals surface area contributed by atoms with Gasteiger partial charge in [0.2, 0.25) is 5.91 Å². The lowest BCUT2D eigenvalue weighted by atomic mass is 10.1. The molecule has 0 aliphatic carbocycles. The predicted octanol–water partition coefficient (Wildman–Crippen LogP) is 1.15. The summed E-state index contributed by atoms with van der Waals surface area (Å²) in [4.78, 5) is 25.4. The van der Waals surface area contributed by atoms with Crippen molar-refractivity contribution in [2.45, 2.75) is 19.4 Å². The Morgan fingerprint density at radius 2 is 2.15 bits per heavy atom. The van der Waals surface area contributed by atoms with Crippen LogP contribution in [0.2, 0.25) is 0 Å². The molecule has 0 bridgehead atoms. The number of anilines is 2. The highest BCUT2D eigenvalue weighted by molar-refractivity contribution is 5.99. The van der Waals surface area contributed by atoms with Crippen molar-refractivity contribution >= 4 is 23.3 Å². The second kappa shape index (κ2) is 5.50. The zero-order valence-corrected chi connectivity index (χ0v) is 12.0.